The number of fused-ring (bicyclic) bond motifs is 1. The van der Waals surface area contributed by atoms with Crippen molar-refractivity contribution in [3.8, 4) is 5.69 Å². The molecular formula is C19H12N4O3. The summed E-state index contributed by atoms with van der Waals surface area (Å²) < 4.78 is 1.78. The van der Waals surface area contributed by atoms with E-state index in [1.807, 2.05) is 6.07 Å². The fraction of sp³-hybridized carbons (Fsp3) is 0. The lowest BCUT2D eigenvalue weighted by atomic mass is 10.0. The Kier molecular flexibility index (Phi) is 3.74. The summed E-state index contributed by atoms with van der Waals surface area (Å²) in [6.07, 6.45) is 6.68. The number of pyridine rings is 2. The van der Waals surface area contributed by atoms with Gasteiger partial charge < -0.3 is 0 Å². The first-order chi connectivity index (χ1) is 12.6. The van der Waals surface area contributed by atoms with Gasteiger partial charge in [-0.3, -0.25) is 24.5 Å². The molecular weight excluding hydrogens is 332 g/mol. The molecule has 0 fully saturated rings. The van der Waals surface area contributed by atoms with E-state index in [1.54, 1.807) is 53.6 Å². The number of hydrogen-bond acceptors (Lipinski definition) is 5. The molecule has 4 aromatic rings. The number of hydrogen-bond donors (Lipinski definition) is 0. The first kappa shape index (κ1) is 15.6. The van der Waals surface area contributed by atoms with Crippen LogP contribution in [-0.4, -0.2) is 25.2 Å². The zero-order valence-corrected chi connectivity index (χ0v) is 13.4. The molecule has 0 N–H and O–H groups in total. The zero-order chi connectivity index (χ0) is 18.1. The van der Waals surface area contributed by atoms with Crippen molar-refractivity contribution in [2.24, 2.45) is 0 Å². The molecule has 0 amide bonds. The molecule has 4 rings (SSSR count). The fourth-order valence-electron chi connectivity index (χ4n) is 2.85. The van der Waals surface area contributed by atoms with Crippen molar-refractivity contribution in [2.75, 3.05) is 0 Å². The average Bonchev–Trinajstić information content (AvgIpc) is 3.08. The Balaban J connectivity index is 1.89. The highest BCUT2D eigenvalue weighted by Gasteiger charge is 2.19. The van der Waals surface area contributed by atoms with E-state index in [-0.39, 0.29) is 17.0 Å². The normalized spacial score (nSPS) is 10.8. The van der Waals surface area contributed by atoms with Gasteiger partial charge in [-0.2, -0.15) is 0 Å². The van der Waals surface area contributed by atoms with Crippen molar-refractivity contribution in [3.63, 3.8) is 0 Å². The Morgan fingerprint density at radius 1 is 1.08 bits per heavy atom. The number of ketones is 1. The van der Waals surface area contributed by atoms with Crippen LogP contribution < -0.4 is 0 Å². The summed E-state index contributed by atoms with van der Waals surface area (Å²) >= 11 is 0. The Bertz CT molecular complexity index is 1140. The Morgan fingerprint density at radius 3 is 2.69 bits per heavy atom. The van der Waals surface area contributed by atoms with Gasteiger partial charge in [-0.05, 0) is 24.3 Å². The SMILES string of the molecule is O=C(c1cccc([N+](=O)[O-])c1)c1cn(-c2cccnc2)c2ncccc12. The maximum absolute atomic E-state index is 13.0. The van der Waals surface area contributed by atoms with E-state index in [0.717, 1.165) is 5.69 Å². The van der Waals surface area contributed by atoms with Crippen LogP contribution in [0.25, 0.3) is 16.7 Å². The molecule has 0 unspecified atom stereocenters. The summed E-state index contributed by atoms with van der Waals surface area (Å²) in [4.78, 5) is 31.9. The summed E-state index contributed by atoms with van der Waals surface area (Å²) in [7, 11) is 0. The third-order valence-corrected chi connectivity index (χ3v) is 4.05. The van der Waals surface area contributed by atoms with Crippen LogP contribution >= 0.6 is 0 Å². The lowest BCUT2D eigenvalue weighted by molar-refractivity contribution is -0.384. The minimum absolute atomic E-state index is 0.120. The summed E-state index contributed by atoms with van der Waals surface area (Å²) in [5.41, 5.74) is 1.96. The summed E-state index contributed by atoms with van der Waals surface area (Å²) in [6.45, 7) is 0. The maximum Gasteiger partial charge on any atom is 0.270 e. The predicted molar refractivity (Wildman–Crippen MR) is 95.4 cm³/mol. The smallest absolute Gasteiger partial charge is 0.270 e. The molecule has 0 radical (unpaired) electrons. The second-order valence-electron chi connectivity index (χ2n) is 5.64. The van der Waals surface area contributed by atoms with Gasteiger partial charge in [-0.15, -0.1) is 0 Å². The Morgan fingerprint density at radius 2 is 1.92 bits per heavy atom. The molecule has 0 aliphatic heterocycles. The molecule has 126 valence electrons. The molecule has 3 aromatic heterocycles. The van der Waals surface area contributed by atoms with Crippen molar-refractivity contribution in [1.82, 2.24) is 14.5 Å². The summed E-state index contributed by atoms with van der Waals surface area (Å²) in [5.74, 6) is -0.297. The van der Waals surface area contributed by atoms with E-state index in [4.69, 9.17) is 0 Å². The van der Waals surface area contributed by atoms with Crippen molar-refractivity contribution < 1.29 is 9.72 Å². The monoisotopic (exact) mass is 344 g/mol. The quantitative estimate of drug-likeness (QED) is 0.321. The van der Waals surface area contributed by atoms with Crippen LogP contribution in [0, 0.1) is 10.1 Å². The fourth-order valence-corrected chi connectivity index (χ4v) is 2.85. The van der Waals surface area contributed by atoms with Crippen molar-refractivity contribution in [1.29, 1.82) is 0 Å². The second kappa shape index (κ2) is 6.21. The van der Waals surface area contributed by atoms with E-state index < -0.39 is 4.92 Å². The minimum atomic E-state index is -0.517. The molecule has 1 aromatic carbocycles. The van der Waals surface area contributed by atoms with E-state index in [1.165, 1.54) is 18.2 Å². The third kappa shape index (κ3) is 2.61. The van der Waals surface area contributed by atoms with Gasteiger partial charge in [0.25, 0.3) is 5.69 Å². The maximum atomic E-state index is 13.0. The lowest BCUT2D eigenvalue weighted by Crippen LogP contribution is -2.01. The van der Waals surface area contributed by atoms with Crippen LogP contribution in [0.5, 0.6) is 0 Å². The molecule has 0 bridgehead atoms. The number of nitro groups is 1. The molecule has 0 saturated carbocycles. The molecule has 0 saturated heterocycles. The van der Waals surface area contributed by atoms with E-state index in [2.05, 4.69) is 9.97 Å². The van der Waals surface area contributed by atoms with Gasteiger partial charge in [0.2, 0.25) is 0 Å². The van der Waals surface area contributed by atoms with Gasteiger partial charge in [0.05, 0.1) is 22.4 Å². The van der Waals surface area contributed by atoms with Crippen molar-refractivity contribution in [3.05, 3.63) is 94.6 Å². The van der Waals surface area contributed by atoms with Crippen LogP contribution in [0.4, 0.5) is 5.69 Å². The molecule has 0 aliphatic carbocycles. The molecule has 26 heavy (non-hydrogen) atoms. The van der Waals surface area contributed by atoms with Crippen LogP contribution in [0.3, 0.4) is 0 Å². The number of rotatable bonds is 4. The first-order valence-corrected chi connectivity index (χ1v) is 7.81. The van der Waals surface area contributed by atoms with Crippen LogP contribution in [0.15, 0.2) is 73.3 Å². The molecule has 7 heteroatoms. The van der Waals surface area contributed by atoms with Gasteiger partial charge in [-0.1, -0.05) is 12.1 Å². The van der Waals surface area contributed by atoms with Crippen molar-refractivity contribution >= 4 is 22.5 Å². The Hall–Kier alpha value is -3.87. The number of carbonyl (C=O) groups excluding carboxylic acids is 1. The molecule has 0 spiro atoms. The number of nitrogens with zero attached hydrogens (tertiary/aromatic N) is 4. The average molecular weight is 344 g/mol. The zero-order valence-electron chi connectivity index (χ0n) is 13.4. The van der Waals surface area contributed by atoms with E-state index in [0.29, 0.717) is 16.6 Å². The molecule has 0 atom stereocenters. The minimum Gasteiger partial charge on any atom is -0.299 e. The largest absolute Gasteiger partial charge is 0.299 e. The number of nitro benzene ring substituents is 1. The summed E-state index contributed by atoms with van der Waals surface area (Å²) in [5, 5.41) is 11.7. The van der Waals surface area contributed by atoms with E-state index >= 15 is 0 Å². The van der Waals surface area contributed by atoms with Gasteiger partial charge in [0, 0.05) is 41.7 Å². The molecule has 0 aliphatic rings. The van der Waals surface area contributed by atoms with Gasteiger partial charge in [0.15, 0.2) is 5.78 Å². The highest BCUT2D eigenvalue weighted by molar-refractivity contribution is 6.16. The van der Waals surface area contributed by atoms with Crippen LogP contribution in [-0.2, 0) is 0 Å². The first-order valence-electron chi connectivity index (χ1n) is 7.81. The highest BCUT2D eigenvalue weighted by Crippen LogP contribution is 2.26. The lowest BCUT2D eigenvalue weighted by Gasteiger charge is -2.02. The number of non-ortho nitro benzene ring substituents is 1. The number of benzene rings is 1. The Labute approximate surface area is 147 Å². The third-order valence-electron chi connectivity index (χ3n) is 4.05. The summed E-state index contributed by atoms with van der Waals surface area (Å²) in [6, 6.07) is 12.9. The topological polar surface area (TPSA) is 90.9 Å². The van der Waals surface area contributed by atoms with Gasteiger partial charge in [0.1, 0.15) is 5.65 Å². The molecule has 7 nitrogen and oxygen atoms in total. The van der Waals surface area contributed by atoms with E-state index in [9.17, 15) is 14.9 Å². The van der Waals surface area contributed by atoms with Gasteiger partial charge in [-0.25, -0.2) is 4.98 Å². The van der Waals surface area contributed by atoms with Crippen LogP contribution in [0.1, 0.15) is 15.9 Å². The number of carbonyl (C=O) groups is 1. The predicted octanol–water partition coefficient (Wildman–Crippen LogP) is 3.56. The van der Waals surface area contributed by atoms with Gasteiger partial charge >= 0.3 is 0 Å². The standard InChI is InChI=1S/C19H12N4O3/c24-18(13-4-1-5-14(10-13)23(25)26)17-12-22(15-6-2-8-20-11-15)19-16(17)7-3-9-21-19/h1-12H. The van der Waals surface area contributed by atoms with Crippen LogP contribution in [0.2, 0.25) is 0 Å². The number of aromatic nitrogens is 3. The highest BCUT2D eigenvalue weighted by atomic mass is 16.6. The molecule has 3 heterocycles. The second-order valence-corrected chi connectivity index (χ2v) is 5.64. The van der Waals surface area contributed by atoms with Crippen molar-refractivity contribution in [2.45, 2.75) is 0 Å².